The highest BCUT2D eigenvalue weighted by Crippen LogP contribution is 2.37. The number of phosphoric ester groups is 1. The summed E-state index contributed by atoms with van der Waals surface area (Å²) in [5.74, 6) is 0.986. The first-order chi connectivity index (χ1) is 16.7. The van der Waals surface area contributed by atoms with Crippen molar-refractivity contribution >= 4 is 49.6 Å². The van der Waals surface area contributed by atoms with Crippen molar-refractivity contribution in [1.29, 1.82) is 0 Å². The van der Waals surface area contributed by atoms with Gasteiger partial charge in [0.05, 0.1) is 9.33 Å². The minimum Gasteiger partial charge on any atom is -0.473 e. The first kappa shape index (κ1) is 25.6. The Bertz CT molecular complexity index is 1320. The molecule has 0 saturated carbocycles. The third-order valence-electron chi connectivity index (χ3n) is 4.50. The van der Waals surface area contributed by atoms with Crippen molar-refractivity contribution in [2.24, 2.45) is 5.73 Å². The van der Waals surface area contributed by atoms with Gasteiger partial charge in [-0.05, 0) is 35.4 Å². The molecule has 0 radical (unpaired) electrons. The molecule has 0 fully saturated rings. The van der Waals surface area contributed by atoms with E-state index in [0.29, 0.717) is 44.7 Å². The van der Waals surface area contributed by atoms with Gasteiger partial charge in [0.25, 0.3) is 0 Å². The van der Waals surface area contributed by atoms with E-state index < -0.39 is 28.8 Å². The van der Waals surface area contributed by atoms with E-state index in [-0.39, 0.29) is 6.73 Å². The maximum Gasteiger partial charge on any atom is 0.471 e. The van der Waals surface area contributed by atoms with Crippen LogP contribution in [0.1, 0.15) is 22.6 Å². The number of nitrogens with zero attached hydrogens (tertiary/aromatic N) is 4. The lowest BCUT2D eigenvalue weighted by Gasteiger charge is -2.14. The molecule has 0 unspecified atom stereocenters. The second kappa shape index (κ2) is 11.5. The van der Waals surface area contributed by atoms with Crippen LogP contribution in [0.2, 0.25) is 5.15 Å². The zero-order valence-corrected chi connectivity index (χ0v) is 21.8. The van der Waals surface area contributed by atoms with Crippen molar-refractivity contribution in [2.75, 3.05) is 6.73 Å². The SMILES string of the molecule is NC1=IN(COP(=O)(O)O)C=CC=C1c1cc(Cc2ccc(OCc3ccnc(Cl)c3)nc2)no1. The summed E-state index contributed by atoms with van der Waals surface area (Å²) in [4.78, 5) is 26.1. The summed E-state index contributed by atoms with van der Waals surface area (Å²) in [7, 11) is -4.57. The molecule has 1 aliphatic heterocycles. The number of hydrogen-bond donors (Lipinski definition) is 3. The number of ether oxygens (including phenoxy) is 1. The molecular weight excluding hydrogens is 612 g/mol. The molecule has 1 aliphatic rings. The van der Waals surface area contributed by atoms with Gasteiger partial charge >= 0.3 is 7.82 Å². The number of rotatable bonds is 9. The molecular formula is C21H20ClIN5O6P. The second-order valence-electron chi connectivity index (χ2n) is 7.14. The van der Waals surface area contributed by atoms with Gasteiger partial charge in [0.1, 0.15) is 18.5 Å². The second-order valence-corrected chi connectivity index (χ2v) is 11.7. The van der Waals surface area contributed by atoms with Crippen LogP contribution in [0, 0.1) is 0 Å². The smallest absolute Gasteiger partial charge is 0.471 e. The molecule has 0 atom stereocenters. The van der Waals surface area contributed by atoms with Gasteiger partial charge < -0.3 is 22.2 Å². The van der Waals surface area contributed by atoms with Crippen molar-refractivity contribution in [3.8, 4) is 5.88 Å². The molecule has 3 aromatic rings. The number of aromatic nitrogens is 3. The summed E-state index contributed by atoms with van der Waals surface area (Å²) >= 11 is 4.94. The molecule has 0 bridgehead atoms. The van der Waals surface area contributed by atoms with Crippen LogP contribution in [0.25, 0.3) is 5.57 Å². The quantitative estimate of drug-likeness (QED) is 0.137. The molecule has 0 spiro atoms. The lowest BCUT2D eigenvalue weighted by atomic mass is 10.1. The van der Waals surface area contributed by atoms with Gasteiger partial charge in [-0.2, -0.15) is 0 Å². The Morgan fingerprint density at radius 2 is 2.06 bits per heavy atom. The highest BCUT2D eigenvalue weighted by atomic mass is 127. The topological polar surface area (TPSA) is 157 Å². The van der Waals surface area contributed by atoms with Gasteiger partial charge in [-0.25, -0.2) is 14.5 Å². The van der Waals surface area contributed by atoms with E-state index in [0.717, 1.165) is 11.1 Å². The molecule has 11 nitrogen and oxygen atoms in total. The fraction of sp³-hybridized carbons (Fsp3) is 0.143. The van der Waals surface area contributed by atoms with Crippen molar-refractivity contribution in [2.45, 2.75) is 13.0 Å². The molecule has 184 valence electrons. The lowest BCUT2D eigenvalue weighted by molar-refractivity contribution is 0.169. The molecule has 0 saturated heterocycles. The Labute approximate surface area is 215 Å². The Morgan fingerprint density at radius 1 is 1.20 bits per heavy atom. The Kier molecular flexibility index (Phi) is 8.44. The number of nitrogens with two attached hydrogens (primary N) is 1. The minimum absolute atomic E-state index is 0.263. The van der Waals surface area contributed by atoms with Crippen LogP contribution < -0.4 is 10.5 Å². The van der Waals surface area contributed by atoms with Crippen molar-refractivity contribution in [3.05, 3.63) is 88.8 Å². The maximum atomic E-state index is 10.9. The number of pyridine rings is 2. The van der Waals surface area contributed by atoms with Crippen molar-refractivity contribution < 1.29 is 28.1 Å². The van der Waals surface area contributed by atoms with Crippen LogP contribution in [0.5, 0.6) is 5.88 Å². The third-order valence-corrected chi connectivity index (χ3v) is 7.48. The van der Waals surface area contributed by atoms with E-state index in [9.17, 15) is 4.57 Å². The molecule has 3 aromatic heterocycles. The van der Waals surface area contributed by atoms with E-state index in [2.05, 4.69) is 19.6 Å². The molecule has 4 N–H and O–H groups in total. The standard InChI is InChI=1S/C21H20ClIN5O6P/c22-19-9-15(5-6-25-19)12-32-20-4-3-14(11-26-20)8-16-10-18(34-27-16)17-2-1-7-28(23-21(17)24)13-33-35(29,30)31/h1-7,9-11H,8,12-13,24H2,(H2,29,30,31). The molecule has 0 amide bonds. The van der Waals surface area contributed by atoms with Gasteiger partial charge in [-0.1, -0.05) is 22.8 Å². The Hall–Kier alpha value is -2.45. The monoisotopic (exact) mass is 631 g/mol. The Morgan fingerprint density at radius 3 is 2.80 bits per heavy atom. The van der Waals surface area contributed by atoms with Gasteiger partial charge in [-0.3, -0.25) is 10.3 Å². The molecule has 4 heterocycles. The summed E-state index contributed by atoms with van der Waals surface area (Å²) in [6, 6.07) is 9.03. The van der Waals surface area contributed by atoms with Crippen molar-refractivity contribution in [1.82, 2.24) is 18.2 Å². The Balaban J connectivity index is 1.36. The first-order valence-corrected chi connectivity index (χ1v) is 14.0. The fourth-order valence-electron chi connectivity index (χ4n) is 2.92. The summed E-state index contributed by atoms with van der Waals surface area (Å²) in [6.45, 7) is 0.0642. The third kappa shape index (κ3) is 7.77. The van der Waals surface area contributed by atoms with Gasteiger partial charge in [-0.15, -0.1) is 0 Å². The number of phosphoric acid groups is 1. The number of halogens is 2. The summed E-state index contributed by atoms with van der Waals surface area (Å²) in [5, 5.41) is 4.54. The first-order valence-electron chi connectivity index (χ1n) is 10.0. The largest absolute Gasteiger partial charge is 0.473 e. The van der Waals surface area contributed by atoms with E-state index in [1.165, 1.54) is 0 Å². The van der Waals surface area contributed by atoms with Crippen molar-refractivity contribution in [3.63, 3.8) is 0 Å². The lowest BCUT2D eigenvalue weighted by Crippen LogP contribution is -2.15. The number of allylic oxidation sites excluding steroid dienone is 2. The number of hydrogen-bond acceptors (Lipinski definition) is 9. The highest BCUT2D eigenvalue weighted by molar-refractivity contribution is 14.2. The fourth-order valence-corrected chi connectivity index (χ4v) is 5.61. The van der Waals surface area contributed by atoms with Crippen LogP contribution in [-0.4, -0.2) is 38.4 Å². The maximum absolute atomic E-state index is 10.9. The molecule has 0 aromatic carbocycles. The molecule has 14 heteroatoms. The van der Waals surface area contributed by atoms with Crippen LogP contribution in [0.15, 0.2) is 65.6 Å². The normalized spacial score (nSPS) is 14.1. The zero-order chi connectivity index (χ0) is 24.8. The van der Waals surface area contributed by atoms with Gasteiger partial charge in [0.15, 0.2) is 5.76 Å². The molecule has 35 heavy (non-hydrogen) atoms. The van der Waals surface area contributed by atoms with E-state index in [4.69, 9.17) is 36.4 Å². The average molecular weight is 632 g/mol. The summed E-state index contributed by atoms with van der Waals surface area (Å²) in [5.41, 5.74) is 9.42. The van der Waals surface area contributed by atoms with Gasteiger partial charge in [0.2, 0.25) is 5.88 Å². The van der Waals surface area contributed by atoms with E-state index in [1.54, 1.807) is 52.1 Å². The summed E-state index contributed by atoms with van der Waals surface area (Å²) < 4.78 is 28.9. The molecule has 0 aliphatic carbocycles. The minimum atomic E-state index is -4.57. The van der Waals surface area contributed by atoms with E-state index in [1.807, 2.05) is 12.1 Å². The highest BCUT2D eigenvalue weighted by Gasteiger charge is 2.18. The zero-order valence-electron chi connectivity index (χ0n) is 18.0. The van der Waals surface area contributed by atoms with Crippen LogP contribution >= 0.6 is 40.4 Å². The molecule has 4 rings (SSSR count). The summed E-state index contributed by atoms with van der Waals surface area (Å²) in [6.07, 6.45) is 8.97. The van der Waals surface area contributed by atoms with Crippen LogP contribution in [0.4, 0.5) is 0 Å². The predicted molar refractivity (Wildman–Crippen MR) is 137 cm³/mol. The predicted octanol–water partition coefficient (Wildman–Crippen LogP) is 3.54. The van der Waals surface area contributed by atoms with Crippen LogP contribution in [0.3, 0.4) is 0 Å². The van der Waals surface area contributed by atoms with Gasteiger partial charge in [0, 0.05) is 63.7 Å². The van der Waals surface area contributed by atoms with E-state index >= 15 is 0 Å². The average Bonchev–Trinajstić information content (AvgIpc) is 3.18. The van der Waals surface area contributed by atoms with Crippen LogP contribution in [-0.2, 0) is 22.1 Å².